The van der Waals surface area contributed by atoms with Crippen LogP contribution in [0, 0.1) is 0 Å². The summed E-state index contributed by atoms with van der Waals surface area (Å²) < 4.78 is 10.8. The second-order valence-electron chi connectivity index (χ2n) is 5.75. The summed E-state index contributed by atoms with van der Waals surface area (Å²) >= 11 is 5.97. The largest absolute Gasteiger partial charge is 0.494 e. The summed E-state index contributed by atoms with van der Waals surface area (Å²) in [6.07, 6.45) is 3.11. The van der Waals surface area contributed by atoms with Crippen molar-refractivity contribution in [1.29, 1.82) is 0 Å². The van der Waals surface area contributed by atoms with Crippen LogP contribution in [0.2, 0.25) is 5.15 Å². The Hall–Kier alpha value is -2.22. The van der Waals surface area contributed by atoms with Crippen molar-refractivity contribution < 1.29 is 19.4 Å². The van der Waals surface area contributed by atoms with Gasteiger partial charge in [-0.3, -0.25) is 9.88 Å². The minimum atomic E-state index is -1.08. The minimum absolute atomic E-state index is 0.0567. The maximum absolute atomic E-state index is 11.7. The number of aromatic nitrogens is 2. The third kappa shape index (κ3) is 3.58. The highest BCUT2D eigenvalue weighted by molar-refractivity contribution is 6.29. The lowest BCUT2D eigenvalue weighted by Gasteiger charge is -2.38. The second-order valence-corrected chi connectivity index (χ2v) is 6.14. The molecule has 2 aromatic rings. The van der Waals surface area contributed by atoms with Gasteiger partial charge in [-0.25, -0.2) is 9.78 Å². The fourth-order valence-corrected chi connectivity index (χ4v) is 3.06. The van der Waals surface area contributed by atoms with Crippen LogP contribution in [-0.2, 0) is 11.3 Å². The molecule has 0 aliphatic carbocycles. The van der Waals surface area contributed by atoms with Crippen molar-refractivity contribution in [2.75, 3.05) is 27.3 Å². The normalized spacial score (nSPS) is 15.0. The summed E-state index contributed by atoms with van der Waals surface area (Å²) in [5, 5.41) is 9.82. The molecule has 0 unspecified atom stereocenters. The molecule has 1 N–H and O–H groups in total. The van der Waals surface area contributed by atoms with E-state index >= 15 is 0 Å². The van der Waals surface area contributed by atoms with Crippen molar-refractivity contribution in [2.45, 2.75) is 12.6 Å². The molecule has 0 spiro atoms. The molecule has 8 heteroatoms. The van der Waals surface area contributed by atoms with Crippen LogP contribution in [0.1, 0.15) is 16.1 Å². The first-order valence-electron chi connectivity index (χ1n) is 7.69. The van der Waals surface area contributed by atoms with E-state index in [1.807, 2.05) is 0 Å². The average molecular weight is 364 g/mol. The SMILES string of the molecule is COc1c(CN2CC(OC)C2)ncc(C(=O)O)c1-c1ccnc(Cl)c1. The molecule has 0 radical (unpaired) electrons. The number of nitrogens with zero attached hydrogens (tertiary/aromatic N) is 3. The van der Waals surface area contributed by atoms with Gasteiger partial charge >= 0.3 is 5.97 Å². The van der Waals surface area contributed by atoms with Gasteiger partial charge in [0.15, 0.2) is 0 Å². The number of rotatable bonds is 6. The van der Waals surface area contributed by atoms with Crippen LogP contribution in [-0.4, -0.2) is 59.4 Å². The lowest BCUT2D eigenvalue weighted by Crippen LogP contribution is -2.51. The number of methoxy groups -OCH3 is 2. The fraction of sp³-hybridized carbons (Fsp3) is 0.353. The van der Waals surface area contributed by atoms with Gasteiger partial charge in [-0.15, -0.1) is 0 Å². The first-order chi connectivity index (χ1) is 12.0. The summed E-state index contributed by atoms with van der Waals surface area (Å²) in [5.74, 6) is -0.647. The van der Waals surface area contributed by atoms with E-state index in [4.69, 9.17) is 21.1 Å². The van der Waals surface area contributed by atoms with Crippen molar-refractivity contribution in [3.05, 3.63) is 40.9 Å². The zero-order valence-electron chi connectivity index (χ0n) is 13.9. The maximum atomic E-state index is 11.7. The molecule has 1 fully saturated rings. The Balaban J connectivity index is 2.04. The predicted molar refractivity (Wildman–Crippen MR) is 92.1 cm³/mol. The molecule has 3 rings (SSSR count). The second kappa shape index (κ2) is 7.35. The van der Waals surface area contributed by atoms with Gasteiger partial charge in [-0.1, -0.05) is 11.6 Å². The van der Waals surface area contributed by atoms with Gasteiger partial charge in [0.2, 0.25) is 0 Å². The van der Waals surface area contributed by atoms with Crippen molar-refractivity contribution in [3.8, 4) is 16.9 Å². The average Bonchev–Trinajstić information content (AvgIpc) is 2.56. The van der Waals surface area contributed by atoms with E-state index in [0.29, 0.717) is 29.1 Å². The molecule has 0 bridgehead atoms. The van der Waals surface area contributed by atoms with E-state index in [1.54, 1.807) is 19.2 Å². The van der Waals surface area contributed by atoms with E-state index < -0.39 is 5.97 Å². The number of likely N-dealkylation sites (tertiary alicyclic amines) is 1. The number of ether oxygens (including phenoxy) is 2. The van der Waals surface area contributed by atoms with Gasteiger partial charge in [0, 0.05) is 44.7 Å². The molecule has 0 atom stereocenters. The van der Waals surface area contributed by atoms with E-state index in [9.17, 15) is 9.90 Å². The molecule has 0 saturated carbocycles. The summed E-state index contributed by atoms with van der Waals surface area (Å²) in [7, 11) is 3.19. The van der Waals surface area contributed by atoms with Crippen LogP contribution in [0.4, 0.5) is 0 Å². The molecule has 7 nitrogen and oxygen atoms in total. The van der Waals surface area contributed by atoms with Gasteiger partial charge < -0.3 is 14.6 Å². The number of halogens is 1. The number of carbonyl (C=O) groups is 1. The highest BCUT2D eigenvalue weighted by Gasteiger charge is 2.29. The molecular formula is C17H18ClN3O4. The number of aromatic carboxylic acids is 1. The Morgan fingerprint density at radius 2 is 2.16 bits per heavy atom. The third-order valence-electron chi connectivity index (χ3n) is 4.19. The van der Waals surface area contributed by atoms with Crippen LogP contribution >= 0.6 is 11.6 Å². The molecular weight excluding hydrogens is 346 g/mol. The smallest absolute Gasteiger partial charge is 0.338 e. The Kier molecular flexibility index (Phi) is 5.17. The van der Waals surface area contributed by atoms with Crippen molar-refractivity contribution in [2.24, 2.45) is 0 Å². The van der Waals surface area contributed by atoms with Crippen molar-refractivity contribution in [3.63, 3.8) is 0 Å². The number of hydrogen-bond donors (Lipinski definition) is 1. The Morgan fingerprint density at radius 1 is 1.40 bits per heavy atom. The Bertz CT molecular complexity index is 793. The van der Waals surface area contributed by atoms with Crippen molar-refractivity contribution >= 4 is 17.6 Å². The highest BCUT2D eigenvalue weighted by atomic mass is 35.5. The van der Waals surface area contributed by atoms with Gasteiger partial charge in [-0.2, -0.15) is 0 Å². The molecule has 1 aliphatic rings. The Morgan fingerprint density at radius 3 is 2.76 bits per heavy atom. The van der Waals surface area contributed by atoms with Gasteiger partial charge in [-0.05, 0) is 17.7 Å². The van der Waals surface area contributed by atoms with Gasteiger partial charge in [0.1, 0.15) is 10.9 Å². The minimum Gasteiger partial charge on any atom is -0.494 e. The van der Waals surface area contributed by atoms with E-state index in [1.165, 1.54) is 19.5 Å². The topological polar surface area (TPSA) is 84.8 Å². The number of pyridine rings is 2. The molecule has 2 aromatic heterocycles. The Labute approximate surface area is 150 Å². The number of carboxylic acid groups (broad SMARTS) is 1. The lowest BCUT2D eigenvalue weighted by molar-refractivity contribution is -0.0341. The van der Waals surface area contributed by atoms with Crippen LogP contribution in [0.25, 0.3) is 11.1 Å². The quantitative estimate of drug-likeness (QED) is 0.788. The molecule has 0 aromatic carbocycles. The van der Waals surface area contributed by atoms with Crippen LogP contribution in [0.3, 0.4) is 0 Å². The standard InChI is InChI=1S/C17H18ClN3O4/c1-24-11-7-21(8-11)9-13-16(25-2)15(12(6-20-13)17(22)23)10-3-4-19-14(18)5-10/h3-6,11H,7-9H2,1-2H3,(H,22,23). The number of carboxylic acids is 1. The zero-order valence-corrected chi connectivity index (χ0v) is 14.7. The summed E-state index contributed by atoms with van der Waals surface area (Å²) in [5.41, 5.74) is 1.80. The first kappa shape index (κ1) is 17.6. The third-order valence-corrected chi connectivity index (χ3v) is 4.39. The zero-order chi connectivity index (χ0) is 18.0. The van der Waals surface area contributed by atoms with E-state index in [2.05, 4.69) is 14.9 Å². The van der Waals surface area contributed by atoms with Crippen LogP contribution < -0.4 is 4.74 Å². The van der Waals surface area contributed by atoms with Gasteiger partial charge in [0.05, 0.1) is 24.5 Å². The van der Waals surface area contributed by atoms with Crippen molar-refractivity contribution in [1.82, 2.24) is 14.9 Å². The fourth-order valence-electron chi connectivity index (χ4n) is 2.88. The molecule has 3 heterocycles. The molecule has 1 aliphatic heterocycles. The maximum Gasteiger partial charge on any atom is 0.338 e. The van der Waals surface area contributed by atoms with Gasteiger partial charge in [0.25, 0.3) is 0 Å². The molecule has 25 heavy (non-hydrogen) atoms. The number of hydrogen-bond acceptors (Lipinski definition) is 6. The van der Waals surface area contributed by atoms with Crippen LogP contribution in [0.15, 0.2) is 24.5 Å². The summed E-state index contributed by atoms with van der Waals surface area (Å²) in [6, 6.07) is 3.31. The van der Waals surface area contributed by atoms with E-state index in [-0.39, 0.29) is 16.8 Å². The summed E-state index contributed by atoms with van der Waals surface area (Å²) in [4.78, 5) is 22.1. The highest BCUT2D eigenvalue weighted by Crippen LogP contribution is 2.37. The first-order valence-corrected chi connectivity index (χ1v) is 8.07. The van der Waals surface area contributed by atoms with Crippen LogP contribution in [0.5, 0.6) is 5.75 Å². The molecule has 0 amide bonds. The molecule has 132 valence electrons. The monoisotopic (exact) mass is 363 g/mol. The lowest BCUT2D eigenvalue weighted by atomic mass is 9.99. The summed E-state index contributed by atoms with van der Waals surface area (Å²) in [6.45, 7) is 2.16. The molecule has 1 saturated heterocycles. The van der Waals surface area contributed by atoms with E-state index in [0.717, 1.165) is 13.1 Å². The predicted octanol–water partition coefficient (Wildman–Crippen LogP) is 2.33.